The summed E-state index contributed by atoms with van der Waals surface area (Å²) in [5.74, 6) is 0.967. The van der Waals surface area contributed by atoms with E-state index in [9.17, 15) is 4.79 Å². The Bertz CT molecular complexity index is 777. The lowest BCUT2D eigenvalue weighted by molar-refractivity contribution is 0.102. The van der Waals surface area contributed by atoms with Crippen molar-refractivity contribution >= 4 is 28.9 Å². The van der Waals surface area contributed by atoms with Crippen LogP contribution in [-0.2, 0) is 0 Å². The topological polar surface area (TPSA) is 50.8 Å². The number of amides is 1. The highest BCUT2D eigenvalue weighted by atomic mass is 35.5. The molecule has 2 aromatic rings. The van der Waals surface area contributed by atoms with Gasteiger partial charge in [-0.1, -0.05) is 24.9 Å². The molecule has 138 valence electrons. The molecular weight excluding hydrogens is 352 g/mol. The third kappa shape index (κ3) is 4.22. The molecule has 6 heteroatoms. The summed E-state index contributed by atoms with van der Waals surface area (Å²) in [6.07, 6.45) is 2.29. The Kier molecular flexibility index (Phi) is 5.89. The van der Waals surface area contributed by atoms with Crippen molar-refractivity contribution in [2.45, 2.75) is 19.8 Å². The van der Waals surface area contributed by atoms with E-state index < -0.39 is 0 Å². The van der Waals surface area contributed by atoms with Gasteiger partial charge in [-0.15, -0.1) is 0 Å². The van der Waals surface area contributed by atoms with E-state index in [1.807, 2.05) is 24.3 Å². The predicted octanol–water partition coefficient (Wildman–Crippen LogP) is 4.60. The number of hydrogen-bond donors (Lipinski definition) is 1. The average Bonchev–Trinajstić information content (AvgIpc) is 2.66. The zero-order valence-electron chi connectivity index (χ0n) is 15.0. The lowest BCUT2D eigenvalue weighted by Gasteiger charge is -2.20. The van der Waals surface area contributed by atoms with E-state index in [0.717, 1.165) is 25.1 Å². The van der Waals surface area contributed by atoms with Gasteiger partial charge in [-0.3, -0.25) is 4.79 Å². The van der Waals surface area contributed by atoms with Crippen molar-refractivity contribution in [2.24, 2.45) is 0 Å². The minimum Gasteiger partial charge on any atom is -0.486 e. The van der Waals surface area contributed by atoms with Crippen LogP contribution >= 0.6 is 11.6 Å². The first-order valence-corrected chi connectivity index (χ1v) is 9.18. The molecule has 0 bridgehead atoms. The van der Waals surface area contributed by atoms with Crippen LogP contribution in [0.25, 0.3) is 0 Å². The Labute approximate surface area is 158 Å². The highest BCUT2D eigenvalue weighted by molar-refractivity contribution is 6.34. The van der Waals surface area contributed by atoms with Gasteiger partial charge < -0.3 is 19.7 Å². The van der Waals surface area contributed by atoms with E-state index in [4.69, 9.17) is 21.1 Å². The average molecular weight is 375 g/mol. The number of rotatable bonds is 6. The van der Waals surface area contributed by atoms with Gasteiger partial charge in [0.2, 0.25) is 0 Å². The molecule has 1 heterocycles. The molecular formula is C20H23ClN2O3. The number of anilines is 2. The zero-order chi connectivity index (χ0) is 18.5. The van der Waals surface area contributed by atoms with Crippen molar-refractivity contribution in [3.63, 3.8) is 0 Å². The summed E-state index contributed by atoms with van der Waals surface area (Å²) in [6, 6.07) is 10.9. The molecule has 0 fully saturated rings. The minimum atomic E-state index is -0.216. The van der Waals surface area contributed by atoms with Crippen LogP contribution in [-0.4, -0.2) is 32.7 Å². The van der Waals surface area contributed by atoms with E-state index >= 15 is 0 Å². The van der Waals surface area contributed by atoms with Gasteiger partial charge in [-0.2, -0.15) is 0 Å². The molecule has 1 N–H and O–H groups in total. The number of carbonyl (C=O) groups excluding carboxylic acids is 1. The number of unbranched alkanes of at least 4 members (excludes halogenated alkanes) is 1. The first kappa shape index (κ1) is 18.4. The fourth-order valence-electron chi connectivity index (χ4n) is 2.75. The maximum atomic E-state index is 12.5. The van der Waals surface area contributed by atoms with Crippen molar-refractivity contribution in [3.8, 4) is 11.5 Å². The van der Waals surface area contributed by atoms with E-state index in [-0.39, 0.29) is 5.91 Å². The van der Waals surface area contributed by atoms with Crippen LogP contribution in [0.4, 0.5) is 11.4 Å². The lowest BCUT2D eigenvalue weighted by Crippen LogP contribution is -2.19. The monoisotopic (exact) mass is 374 g/mol. The molecule has 0 unspecified atom stereocenters. The highest BCUT2D eigenvalue weighted by Gasteiger charge is 2.17. The van der Waals surface area contributed by atoms with E-state index in [1.54, 1.807) is 12.1 Å². The molecule has 3 rings (SSSR count). The van der Waals surface area contributed by atoms with Gasteiger partial charge in [-0.25, -0.2) is 0 Å². The van der Waals surface area contributed by atoms with Crippen LogP contribution in [0.1, 0.15) is 30.1 Å². The van der Waals surface area contributed by atoms with Crippen LogP contribution in [0.2, 0.25) is 5.02 Å². The maximum absolute atomic E-state index is 12.5. The number of ether oxygens (including phenoxy) is 2. The van der Waals surface area contributed by atoms with Crippen molar-refractivity contribution in [3.05, 3.63) is 47.0 Å². The van der Waals surface area contributed by atoms with Crippen molar-refractivity contribution in [1.29, 1.82) is 0 Å². The summed E-state index contributed by atoms with van der Waals surface area (Å²) >= 11 is 6.25. The Hall–Kier alpha value is -2.40. The molecule has 0 aromatic heterocycles. The van der Waals surface area contributed by atoms with Gasteiger partial charge in [0.05, 0.1) is 10.7 Å². The summed E-state index contributed by atoms with van der Waals surface area (Å²) in [4.78, 5) is 14.7. The third-order valence-electron chi connectivity index (χ3n) is 4.30. The Morgan fingerprint density at radius 3 is 2.46 bits per heavy atom. The molecule has 0 spiro atoms. The first-order valence-electron chi connectivity index (χ1n) is 8.80. The fraction of sp³-hybridized carbons (Fsp3) is 0.350. The number of nitrogens with one attached hydrogen (secondary N) is 1. The van der Waals surface area contributed by atoms with E-state index in [2.05, 4.69) is 24.2 Å². The first-order chi connectivity index (χ1) is 12.6. The third-order valence-corrected chi connectivity index (χ3v) is 4.61. The van der Waals surface area contributed by atoms with E-state index in [1.165, 1.54) is 0 Å². The standard InChI is InChI=1S/C20H23ClN2O3/c1-3-4-9-23(2)15-7-5-14(6-8-15)20(24)22-17-13-19-18(12-16(17)21)25-10-11-26-19/h5-8,12-13H,3-4,9-11H2,1-2H3,(H,22,24). The number of benzene rings is 2. The van der Waals surface area contributed by atoms with Gasteiger partial charge in [0, 0.05) is 37.0 Å². The summed E-state index contributed by atoms with van der Waals surface area (Å²) in [7, 11) is 2.06. The molecule has 0 aliphatic carbocycles. The second kappa shape index (κ2) is 8.32. The Morgan fingerprint density at radius 2 is 1.81 bits per heavy atom. The quantitative estimate of drug-likeness (QED) is 0.802. The number of hydrogen-bond acceptors (Lipinski definition) is 4. The molecule has 0 saturated carbocycles. The molecule has 2 aromatic carbocycles. The van der Waals surface area contributed by atoms with Crippen LogP contribution in [0.15, 0.2) is 36.4 Å². The lowest BCUT2D eigenvalue weighted by atomic mass is 10.1. The van der Waals surface area contributed by atoms with E-state index in [0.29, 0.717) is 41.0 Å². The minimum absolute atomic E-state index is 0.216. The summed E-state index contributed by atoms with van der Waals surface area (Å²) in [5, 5.41) is 3.25. The number of nitrogens with zero attached hydrogens (tertiary/aromatic N) is 1. The predicted molar refractivity (Wildman–Crippen MR) is 105 cm³/mol. The van der Waals surface area contributed by atoms with Gasteiger partial charge >= 0.3 is 0 Å². The molecule has 5 nitrogen and oxygen atoms in total. The van der Waals surface area contributed by atoms with Gasteiger partial charge in [0.15, 0.2) is 11.5 Å². The molecule has 1 aliphatic heterocycles. The van der Waals surface area contributed by atoms with Crippen LogP contribution in [0.5, 0.6) is 11.5 Å². The summed E-state index contributed by atoms with van der Waals surface area (Å²) in [6.45, 7) is 4.14. The van der Waals surface area contributed by atoms with Gasteiger partial charge in [0.25, 0.3) is 5.91 Å². The van der Waals surface area contributed by atoms with Crippen LogP contribution in [0.3, 0.4) is 0 Å². The number of halogens is 1. The second-order valence-corrected chi connectivity index (χ2v) is 6.66. The van der Waals surface area contributed by atoms with Gasteiger partial charge in [0.1, 0.15) is 13.2 Å². The van der Waals surface area contributed by atoms with Gasteiger partial charge in [-0.05, 0) is 30.7 Å². The summed E-state index contributed by atoms with van der Waals surface area (Å²) in [5.41, 5.74) is 2.17. The summed E-state index contributed by atoms with van der Waals surface area (Å²) < 4.78 is 11.0. The maximum Gasteiger partial charge on any atom is 0.255 e. The number of carbonyl (C=O) groups is 1. The van der Waals surface area contributed by atoms with Crippen molar-refractivity contribution in [2.75, 3.05) is 37.0 Å². The van der Waals surface area contributed by atoms with Crippen LogP contribution < -0.4 is 19.7 Å². The Morgan fingerprint density at radius 1 is 1.15 bits per heavy atom. The normalized spacial score (nSPS) is 12.6. The molecule has 1 aliphatic rings. The smallest absolute Gasteiger partial charge is 0.255 e. The largest absolute Gasteiger partial charge is 0.486 e. The SMILES string of the molecule is CCCCN(C)c1ccc(C(=O)Nc2cc3c(cc2Cl)OCCO3)cc1. The zero-order valence-corrected chi connectivity index (χ0v) is 15.8. The molecule has 26 heavy (non-hydrogen) atoms. The number of fused-ring (bicyclic) bond motifs is 1. The van der Waals surface area contributed by atoms with Crippen molar-refractivity contribution in [1.82, 2.24) is 0 Å². The fourth-order valence-corrected chi connectivity index (χ4v) is 2.95. The molecule has 0 radical (unpaired) electrons. The Balaban J connectivity index is 1.70. The molecule has 1 amide bonds. The molecule has 0 atom stereocenters. The molecule has 0 saturated heterocycles. The highest BCUT2D eigenvalue weighted by Crippen LogP contribution is 2.38. The van der Waals surface area contributed by atoms with Crippen LogP contribution in [0, 0.1) is 0 Å². The van der Waals surface area contributed by atoms with Crippen molar-refractivity contribution < 1.29 is 14.3 Å². The second-order valence-electron chi connectivity index (χ2n) is 6.25.